The molecular formula is C19H21N. The highest BCUT2D eigenvalue weighted by Crippen LogP contribution is 2.56. The fourth-order valence-corrected chi connectivity index (χ4v) is 4.35. The number of fused-ring (bicyclic) bond motifs is 4. The Labute approximate surface area is 120 Å². The van der Waals surface area contributed by atoms with Crippen LogP contribution in [0.4, 0.5) is 5.69 Å². The van der Waals surface area contributed by atoms with Crippen LogP contribution in [-0.4, -0.2) is 7.05 Å². The zero-order valence-corrected chi connectivity index (χ0v) is 12.2. The molecule has 1 aliphatic carbocycles. The Kier molecular flexibility index (Phi) is 2.47. The van der Waals surface area contributed by atoms with E-state index in [2.05, 4.69) is 54.9 Å². The van der Waals surface area contributed by atoms with Crippen molar-refractivity contribution in [2.45, 2.75) is 37.5 Å². The van der Waals surface area contributed by atoms with Gasteiger partial charge >= 0.3 is 0 Å². The second-order valence-corrected chi connectivity index (χ2v) is 6.33. The quantitative estimate of drug-likeness (QED) is 0.646. The molecule has 1 heterocycles. The van der Waals surface area contributed by atoms with E-state index in [1.54, 1.807) is 5.56 Å². The summed E-state index contributed by atoms with van der Waals surface area (Å²) in [6, 6.07) is 13.4. The van der Waals surface area contributed by atoms with Crippen LogP contribution >= 0.6 is 0 Å². The Morgan fingerprint density at radius 3 is 2.55 bits per heavy atom. The maximum absolute atomic E-state index is 4.46. The van der Waals surface area contributed by atoms with Crippen LogP contribution in [0.25, 0.3) is 10.8 Å². The van der Waals surface area contributed by atoms with Gasteiger partial charge in [0.25, 0.3) is 0 Å². The number of allylic oxidation sites excluding steroid dienone is 1. The Morgan fingerprint density at radius 2 is 1.75 bits per heavy atom. The molecule has 20 heavy (non-hydrogen) atoms. The SMILES string of the molecule is C=C1N(C)c2ccc3ccccc3c2C12CCCCC2. The van der Waals surface area contributed by atoms with Gasteiger partial charge in [0.05, 0.1) is 0 Å². The van der Waals surface area contributed by atoms with E-state index in [1.165, 1.54) is 54.3 Å². The van der Waals surface area contributed by atoms with Crippen LogP contribution in [0, 0.1) is 0 Å². The fraction of sp³-hybridized carbons (Fsp3) is 0.368. The Morgan fingerprint density at radius 1 is 1.00 bits per heavy atom. The Bertz CT molecular complexity index is 692. The van der Waals surface area contributed by atoms with Crippen molar-refractivity contribution in [3.63, 3.8) is 0 Å². The van der Waals surface area contributed by atoms with Gasteiger partial charge in [0, 0.05) is 23.8 Å². The molecule has 1 spiro atoms. The molecule has 4 rings (SSSR count). The molecule has 2 aromatic rings. The van der Waals surface area contributed by atoms with E-state index in [0.717, 1.165) is 0 Å². The summed E-state index contributed by atoms with van der Waals surface area (Å²) in [5, 5.41) is 2.79. The maximum atomic E-state index is 4.46. The van der Waals surface area contributed by atoms with Crippen LogP contribution in [0.1, 0.15) is 37.7 Å². The van der Waals surface area contributed by atoms with Crippen LogP contribution in [0.5, 0.6) is 0 Å². The molecule has 0 aromatic heterocycles. The topological polar surface area (TPSA) is 3.24 Å². The van der Waals surface area contributed by atoms with Gasteiger partial charge in [0.2, 0.25) is 0 Å². The summed E-state index contributed by atoms with van der Waals surface area (Å²) in [6.07, 6.45) is 6.55. The van der Waals surface area contributed by atoms with Gasteiger partial charge in [0.1, 0.15) is 0 Å². The fourth-order valence-electron chi connectivity index (χ4n) is 4.35. The van der Waals surface area contributed by atoms with Gasteiger partial charge in [-0.2, -0.15) is 0 Å². The number of benzene rings is 2. The van der Waals surface area contributed by atoms with E-state index in [1.807, 2.05) is 0 Å². The number of rotatable bonds is 0. The molecule has 0 amide bonds. The van der Waals surface area contributed by atoms with Gasteiger partial charge in [-0.05, 0) is 35.2 Å². The molecule has 0 saturated heterocycles. The van der Waals surface area contributed by atoms with Gasteiger partial charge < -0.3 is 4.90 Å². The van der Waals surface area contributed by atoms with E-state index < -0.39 is 0 Å². The predicted molar refractivity (Wildman–Crippen MR) is 86.3 cm³/mol. The summed E-state index contributed by atoms with van der Waals surface area (Å²) >= 11 is 0. The highest BCUT2D eigenvalue weighted by atomic mass is 15.2. The minimum absolute atomic E-state index is 0.198. The third-order valence-corrected chi connectivity index (χ3v) is 5.41. The largest absolute Gasteiger partial charge is 0.348 e. The van der Waals surface area contributed by atoms with Crippen LogP contribution in [-0.2, 0) is 5.41 Å². The molecule has 0 unspecified atom stereocenters. The molecule has 102 valence electrons. The van der Waals surface area contributed by atoms with Crippen molar-refractivity contribution in [1.29, 1.82) is 0 Å². The van der Waals surface area contributed by atoms with Crippen molar-refractivity contribution in [3.8, 4) is 0 Å². The zero-order chi connectivity index (χ0) is 13.7. The molecule has 2 aliphatic rings. The second kappa shape index (κ2) is 4.12. The molecule has 1 aliphatic heterocycles. The van der Waals surface area contributed by atoms with Gasteiger partial charge in [-0.15, -0.1) is 0 Å². The van der Waals surface area contributed by atoms with E-state index in [0.29, 0.717) is 0 Å². The molecule has 1 heteroatoms. The molecule has 1 nitrogen and oxygen atoms in total. The average molecular weight is 263 g/mol. The lowest BCUT2D eigenvalue weighted by atomic mass is 9.68. The molecule has 0 radical (unpaired) electrons. The van der Waals surface area contributed by atoms with Crippen LogP contribution < -0.4 is 4.90 Å². The number of likely N-dealkylation sites (N-methyl/N-ethyl adjacent to an activating group) is 1. The second-order valence-electron chi connectivity index (χ2n) is 6.33. The monoisotopic (exact) mass is 263 g/mol. The summed E-state index contributed by atoms with van der Waals surface area (Å²) in [5.41, 5.74) is 4.42. The summed E-state index contributed by atoms with van der Waals surface area (Å²) < 4.78 is 0. The molecule has 0 atom stereocenters. The van der Waals surface area contributed by atoms with E-state index >= 15 is 0 Å². The van der Waals surface area contributed by atoms with Gasteiger partial charge in [-0.1, -0.05) is 56.2 Å². The third kappa shape index (κ3) is 1.38. The number of hydrogen-bond acceptors (Lipinski definition) is 1. The first-order valence-corrected chi connectivity index (χ1v) is 7.69. The summed E-state index contributed by atoms with van der Waals surface area (Å²) in [7, 11) is 2.18. The first-order chi connectivity index (χ1) is 9.74. The third-order valence-electron chi connectivity index (χ3n) is 5.41. The summed E-state index contributed by atoms with van der Waals surface area (Å²) in [4.78, 5) is 2.33. The number of nitrogens with zero attached hydrogens (tertiary/aromatic N) is 1. The molecule has 2 aromatic carbocycles. The number of hydrogen-bond donors (Lipinski definition) is 0. The Hall–Kier alpha value is -1.76. The lowest BCUT2D eigenvalue weighted by Crippen LogP contribution is -2.31. The van der Waals surface area contributed by atoms with Crippen molar-refractivity contribution < 1.29 is 0 Å². The molecule has 1 saturated carbocycles. The highest BCUT2D eigenvalue weighted by Gasteiger charge is 2.46. The minimum Gasteiger partial charge on any atom is -0.348 e. The molecule has 1 fully saturated rings. The summed E-state index contributed by atoms with van der Waals surface area (Å²) in [5.74, 6) is 0. The van der Waals surface area contributed by atoms with Crippen molar-refractivity contribution in [3.05, 3.63) is 54.2 Å². The minimum atomic E-state index is 0.198. The number of anilines is 1. The van der Waals surface area contributed by atoms with E-state index in [9.17, 15) is 0 Å². The smallest absolute Gasteiger partial charge is 0.0454 e. The van der Waals surface area contributed by atoms with E-state index in [-0.39, 0.29) is 5.41 Å². The predicted octanol–water partition coefficient (Wildman–Crippen LogP) is 5.01. The van der Waals surface area contributed by atoms with Crippen LogP contribution in [0.2, 0.25) is 0 Å². The van der Waals surface area contributed by atoms with Gasteiger partial charge in [-0.3, -0.25) is 0 Å². The first-order valence-electron chi connectivity index (χ1n) is 7.69. The van der Waals surface area contributed by atoms with Gasteiger partial charge in [-0.25, -0.2) is 0 Å². The van der Waals surface area contributed by atoms with Crippen LogP contribution in [0.15, 0.2) is 48.7 Å². The lowest BCUT2D eigenvalue weighted by molar-refractivity contribution is 0.349. The maximum Gasteiger partial charge on any atom is 0.0454 e. The Balaban J connectivity index is 2.06. The van der Waals surface area contributed by atoms with Crippen molar-refractivity contribution in [2.24, 2.45) is 0 Å². The van der Waals surface area contributed by atoms with Crippen LogP contribution in [0.3, 0.4) is 0 Å². The lowest BCUT2D eigenvalue weighted by Gasteiger charge is -2.36. The van der Waals surface area contributed by atoms with Crippen molar-refractivity contribution >= 4 is 16.5 Å². The molecular weight excluding hydrogens is 242 g/mol. The molecule has 0 bridgehead atoms. The first kappa shape index (κ1) is 12.0. The standard InChI is InChI=1S/C19H21N/c1-14-19(12-6-3-7-13-19)18-16-9-5-4-8-15(16)10-11-17(18)20(14)2/h4-5,8-11H,1,3,6-7,12-13H2,2H3. The summed E-state index contributed by atoms with van der Waals surface area (Å²) in [6.45, 7) is 4.46. The highest BCUT2D eigenvalue weighted by molar-refractivity contribution is 5.94. The van der Waals surface area contributed by atoms with Crippen molar-refractivity contribution in [1.82, 2.24) is 0 Å². The van der Waals surface area contributed by atoms with Gasteiger partial charge in [0.15, 0.2) is 0 Å². The average Bonchev–Trinajstić information content (AvgIpc) is 2.71. The van der Waals surface area contributed by atoms with E-state index in [4.69, 9.17) is 0 Å². The van der Waals surface area contributed by atoms with Crippen molar-refractivity contribution in [2.75, 3.05) is 11.9 Å². The zero-order valence-electron chi connectivity index (χ0n) is 12.2. The normalized spacial score (nSPS) is 20.6. The molecule has 0 N–H and O–H groups in total.